The summed E-state index contributed by atoms with van der Waals surface area (Å²) in [6.45, 7) is 14.0. The van der Waals surface area contributed by atoms with Crippen molar-refractivity contribution in [1.82, 2.24) is 0 Å². The second kappa shape index (κ2) is 11.8. The zero-order chi connectivity index (χ0) is 16.2. The summed E-state index contributed by atoms with van der Waals surface area (Å²) in [5, 5.41) is 0. The van der Waals surface area contributed by atoms with Gasteiger partial charge in [-0.05, 0) is 0 Å². The van der Waals surface area contributed by atoms with Crippen LogP contribution in [-0.4, -0.2) is 26.5 Å². The van der Waals surface area contributed by atoms with Crippen LogP contribution in [-0.2, 0) is 0 Å². The molecule has 0 fully saturated rings. The van der Waals surface area contributed by atoms with Gasteiger partial charge in [0.05, 0.1) is 0 Å². The van der Waals surface area contributed by atoms with E-state index in [2.05, 4.69) is 62.0 Å². The Morgan fingerprint density at radius 3 is 1.57 bits per heavy atom. The van der Waals surface area contributed by atoms with Gasteiger partial charge in [-0.3, -0.25) is 0 Å². The standard InChI is InChI=1S/C7H11Si.3C4H9.Sn/c1-5-6-7-8(2,3)4;3*1-3-4-2;/h1,5H,2-4H3;3*1,3-4H2,2H3;. The van der Waals surface area contributed by atoms with Crippen molar-refractivity contribution in [3.05, 3.63) is 10.2 Å². The molecule has 0 amide bonds. The van der Waals surface area contributed by atoms with Crippen molar-refractivity contribution in [2.75, 3.05) is 0 Å². The molecule has 0 aromatic carbocycles. The second-order valence-electron chi connectivity index (χ2n) is 7.53. The van der Waals surface area contributed by atoms with Crippen LogP contribution in [0, 0.1) is 11.5 Å². The average Bonchev–Trinajstić information content (AvgIpc) is 2.43. The normalized spacial score (nSPS) is 12.5. The molecule has 0 aromatic heterocycles. The maximum absolute atomic E-state index is 3.50. The van der Waals surface area contributed by atoms with Gasteiger partial charge < -0.3 is 0 Å². The van der Waals surface area contributed by atoms with Crippen LogP contribution in [0.2, 0.25) is 33.0 Å². The topological polar surface area (TPSA) is 0 Å². The molecule has 0 N–H and O–H groups in total. The summed E-state index contributed by atoms with van der Waals surface area (Å²) in [6.07, 6.45) is 10.7. The van der Waals surface area contributed by atoms with E-state index in [0.717, 1.165) is 0 Å². The van der Waals surface area contributed by atoms with E-state index in [4.69, 9.17) is 0 Å². The third-order valence-electron chi connectivity index (χ3n) is 4.05. The van der Waals surface area contributed by atoms with Crippen molar-refractivity contribution in [3.8, 4) is 11.5 Å². The van der Waals surface area contributed by atoms with E-state index < -0.39 is 26.5 Å². The SMILES string of the molecule is CCC[CH2][Sn](/[CH]=C\C#C[Si](C)(C)C)([CH2]CCC)[CH2]CCC. The molecule has 0 nitrogen and oxygen atoms in total. The van der Waals surface area contributed by atoms with Gasteiger partial charge in [0.2, 0.25) is 0 Å². The number of hydrogen-bond acceptors (Lipinski definition) is 0. The summed E-state index contributed by atoms with van der Waals surface area (Å²) in [7, 11) is -1.22. The first kappa shape index (κ1) is 21.3. The summed E-state index contributed by atoms with van der Waals surface area (Å²) < 4.78 is 7.34. The Labute approximate surface area is 140 Å². The molecule has 0 aliphatic rings. The molecule has 0 radical (unpaired) electrons. The minimum absolute atomic E-state index is 1.22. The van der Waals surface area contributed by atoms with Gasteiger partial charge in [-0.15, -0.1) is 0 Å². The van der Waals surface area contributed by atoms with Crippen molar-refractivity contribution >= 4 is 26.5 Å². The Balaban J connectivity index is 5.00. The van der Waals surface area contributed by atoms with Gasteiger partial charge in [-0.2, -0.15) is 0 Å². The fourth-order valence-corrected chi connectivity index (χ4v) is 17.1. The van der Waals surface area contributed by atoms with E-state index in [1.165, 1.54) is 38.5 Å². The molecule has 0 atom stereocenters. The van der Waals surface area contributed by atoms with Crippen LogP contribution >= 0.6 is 0 Å². The van der Waals surface area contributed by atoms with E-state index in [9.17, 15) is 0 Å². The third-order valence-corrected chi connectivity index (χ3v) is 19.0. The zero-order valence-corrected chi connectivity index (χ0v) is 19.4. The number of rotatable bonds is 10. The molecule has 0 rings (SSSR count). The first-order chi connectivity index (χ1) is 9.89. The van der Waals surface area contributed by atoms with Crippen LogP contribution in [0.1, 0.15) is 59.3 Å². The average molecular weight is 413 g/mol. The first-order valence-corrected chi connectivity index (χ1v) is 20.3. The van der Waals surface area contributed by atoms with Gasteiger partial charge in [0.1, 0.15) is 0 Å². The molecule has 0 spiro atoms. The monoisotopic (exact) mass is 414 g/mol. The Morgan fingerprint density at radius 2 is 1.24 bits per heavy atom. The molecule has 0 heterocycles. The van der Waals surface area contributed by atoms with E-state index in [1.54, 1.807) is 13.3 Å². The van der Waals surface area contributed by atoms with Crippen LogP contribution in [0.4, 0.5) is 0 Å². The minimum atomic E-state index is -2.06. The molecule has 0 aromatic rings. The third kappa shape index (κ3) is 11.5. The van der Waals surface area contributed by atoms with Crippen LogP contribution < -0.4 is 0 Å². The van der Waals surface area contributed by atoms with Crippen molar-refractivity contribution in [3.63, 3.8) is 0 Å². The molecule has 0 aliphatic carbocycles. The molecule has 0 bridgehead atoms. The number of hydrogen-bond donors (Lipinski definition) is 0. The van der Waals surface area contributed by atoms with Gasteiger partial charge in [-0.1, -0.05) is 0 Å². The molecule has 0 aliphatic heterocycles. The van der Waals surface area contributed by atoms with Crippen molar-refractivity contribution in [1.29, 1.82) is 0 Å². The fourth-order valence-electron chi connectivity index (χ4n) is 2.69. The number of unbranched alkanes of at least 4 members (excludes halogenated alkanes) is 3. The zero-order valence-electron chi connectivity index (χ0n) is 15.5. The van der Waals surface area contributed by atoms with E-state index in [-0.39, 0.29) is 0 Å². The molecule has 122 valence electrons. The Kier molecular flexibility index (Phi) is 12.0. The molecule has 0 unspecified atom stereocenters. The molecular weight excluding hydrogens is 375 g/mol. The Bertz CT molecular complexity index is 319. The van der Waals surface area contributed by atoms with E-state index in [1.807, 2.05) is 0 Å². The molecule has 2 heteroatoms. The summed E-state index contributed by atoms with van der Waals surface area (Å²) in [5.74, 6) is 3.39. The Hall–Kier alpha value is 0.316. The van der Waals surface area contributed by atoms with Gasteiger partial charge in [-0.25, -0.2) is 0 Å². The fraction of sp³-hybridized carbons (Fsp3) is 0.789. The molecular formula is C19H38SiSn. The van der Waals surface area contributed by atoms with Gasteiger partial charge in [0, 0.05) is 0 Å². The van der Waals surface area contributed by atoms with Crippen LogP contribution in [0.25, 0.3) is 0 Å². The van der Waals surface area contributed by atoms with E-state index in [0.29, 0.717) is 0 Å². The number of allylic oxidation sites excluding steroid dienone is 1. The van der Waals surface area contributed by atoms with Crippen LogP contribution in [0.3, 0.4) is 0 Å². The summed E-state index contributed by atoms with van der Waals surface area (Å²) in [6, 6.07) is 0. The van der Waals surface area contributed by atoms with E-state index >= 15 is 0 Å². The summed E-state index contributed by atoms with van der Waals surface area (Å²) in [5.41, 5.74) is 3.50. The van der Waals surface area contributed by atoms with Crippen molar-refractivity contribution in [2.24, 2.45) is 0 Å². The van der Waals surface area contributed by atoms with Gasteiger partial charge >= 0.3 is 140 Å². The van der Waals surface area contributed by atoms with Gasteiger partial charge in [0.15, 0.2) is 0 Å². The predicted molar refractivity (Wildman–Crippen MR) is 105 cm³/mol. The van der Waals surface area contributed by atoms with Crippen LogP contribution in [0.15, 0.2) is 10.2 Å². The summed E-state index contributed by atoms with van der Waals surface area (Å²) in [4.78, 5) is 0. The molecule has 0 saturated heterocycles. The first-order valence-electron chi connectivity index (χ1n) is 9.09. The molecule has 0 saturated carbocycles. The van der Waals surface area contributed by atoms with Crippen LogP contribution in [0.5, 0.6) is 0 Å². The summed E-state index contributed by atoms with van der Waals surface area (Å²) >= 11 is -2.06. The molecule has 21 heavy (non-hydrogen) atoms. The predicted octanol–water partition coefficient (Wildman–Crippen LogP) is 6.81. The van der Waals surface area contributed by atoms with Crippen molar-refractivity contribution < 1.29 is 0 Å². The Morgan fingerprint density at radius 1 is 0.810 bits per heavy atom. The quantitative estimate of drug-likeness (QED) is 0.273. The second-order valence-corrected chi connectivity index (χ2v) is 25.3. The van der Waals surface area contributed by atoms with Crippen molar-refractivity contribution in [2.45, 2.75) is 92.2 Å². The maximum atomic E-state index is 3.50. The van der Waals surface area contributed by atoms with Gasteiger partial charge in [0.25, 0.3) is 0 Å².